The van der Waals surface area contributed by atoms with Gasteiger partial charge in [0.1, 0.15) is 11.5 Å². The zero-order valence-corrected chi connectivity index (χ0v) is 12.7. The molecule has 1 heterocycles. The Morgan fingerprint density at radius 1 is 1.37 bits per heavy atom. The summed E-state index contributed by atoms with van der Waals surface area (Å²) in [6.07, 6.45) is 5.12. The van der Waals surface area contributed by atoms with Crippen molar-refractivity contribution >= 4 is 30.7 Å². The average molecular weight is 309 g/mol. The maximum atomic E-state index is 11.7. The minimum atomic E-state index is -0.0669. The fourth-order valence-electron chi connectivity index (χ4n) is 1.68. The van der Waals surface area contributed by atoms with E-state index in [9.17, 15) is 4.79 Å². The number of H-pyrrole nitrogens is 1. The minimum absolute atomic E-state index is 0. The highest BCUT2D eigenvalue weighted by atomic mass is 35.5. The van der Waals surface area contributed by atoms with Gasteiger partial charge in [0.05, 0.1) is 6.20 Å². The number of hydrogen-bond donors (Lipinski definition) is 3. The number of imidazole rings is 1. The van der Waals surface area contributed by atoms with Crippen LogP contribution in [0.1, 0.15) is 48.4 Å². The lowest BCUT2D eigenvalue weighted by Gasteiger charge is -2.04. The van der Waals surface area contributed by atoms with E-state index >= 15 is 0 Å². The predicted octanol–water partition coefficient (Wildman–Crippen LogP) is 1.86. The molecule has 110 valence electrons. The van der Waals surface area contributed by atoms with Gasteiger partial charge in [0, 0.05) is 19.0 Å². The van der Waals surface area contributed by atoms with Gasteiger partial charge in [0.2, 0.25) is 0 Å². The van der Waals surface area contributed by atoms with Gasteiger partial charge in [0.15, 0.2) is 0 Å². The van der Waals surface area contributed by atoms with Gasteiger partial charge in [0.25, 0.3) is 5.91 Å². The summed E-state index contributed by atoms with van der Waals surface area (Å²) < 4.78 is 0. The summed E-state index contributed by atoms with van der Waals surface area (Å²) in [5, 5.41) is 6.09. The molecular weight excluding hydrogens is 287 g/mol. The first-order valence-electron chi connectivity index (χ1n) is 6.35. The first kappa shape index (κ1) is 18.2. The van der Waals surface area contributed by atoms with E-state index < -0.39 is 0 Å². The summed E-state index contributed by atoms with van der Waals surface area (Å²) in [5.74, 6) is 1.45. The van der Waals surface area contributed by atoms with Gasteiger partial charge in [-0.15, -0.1) is 24.8 Å². The lowest BCUT2D eigenvalue weighted by molar-refractivity contribution is 0.0949. The fourth-order valence-corrected chi connectivity index (χ4v) is 1.68. The molecule has 0 radical (unpaired) electrons. The van der Waals surface area contributed by atoms with Crippen LogP contribution in [0.2, 0.25) is 0 Å². The Bertz CT molecular complexity index is 380. The lowest BCUT2D eigenvalue weighted by Crippen LogP contribution is -2.32. The topological polar surface area (TPSA) is 69.8 Å². The molecule has 2 rings (SSSR count). The molecular formula is C12H22Cl2N4O. The van der Waals surface area contributed by atoms with Crippen molar-refractivity contribution in [2.45, 2.75) is 32.1 Å². The lowest BCUT2D eigenvalue weighted by atomic mass is 10.4. The molecule has 3 N–H and O–H groups in total. The number of aromatic amines is 1. The molecule has 0 aromatic carbocycles. The van der Waals surface area contributed by atoms with E-state index in [1.54, 1.807) is 6.20 Å². The summed E-state index contributed by atoms with van der Waals surface area (Å²) in [5.41, 5.74) is 0.572. The highest BCUT2D eigenvalue weighted by Gasteiger charge is 2.27. The van der Waals surface area contributed by atoms with Crippen molar-refractivity contribution in [2.24, 2.45) is 0 Å². The SMILES string of the molecule is CCCNCCNC(=O)c1cnc(C2CC2)[nH]1.Cl.Cl. The Balaban J connectivity index is 0.00000162. The molecule has 1 aliphatic carbocycles. The third kappa shape index (κ3) is 5.80. The number of nitrogens with one attached hydrogen (secondary N) is 3. The molecule has 0 atom stereocenters. The molecule has 1 aromatic rings. The van der Waals surface area contributed by atoms with E-state index in [-0.39, 0.29) is 30.7 Å². The van der Waals surface area contributed by atoms with Gasteiger partial charge in [-0.1, -0.05) is 6.92 Å². The molecule has 0 aliphatic heterocycles. The molecule has 0 spiro atoms. The van der Waals surface area contributed by atoms with Crippen molar-refractivity contribution < 1.29 is 4.79 Å². The normalized spacial score (nSPS) is 13.3. The third-order valence-corrected chi connectivity index (χ3v) is 2.82. The van der Waals surface area contributed by atoms with Crippen molar-refractivity contribution in [3.63, 3.8) is 0 Å². The van der Waals surface area contributed by atoms with E-state index in [1.807, 2.05) is 0 Å². The van der Waals surface area contributed by atoms with E-state index in [1.165, 1.54) is 12.8 Å². The predicted molar refractivity (Wildman–Crippen MR) is 80.6 cm³/mol. The monoisotopic (exact) mass is 308 g/mol. The summed E-state index contributed by atoms with van der Waals surface area (Å²) in [4.78, 5) is 19.0. The number of hydrogen-bond acceptors (Lipinski definition) is 3. The maximum Gasteiger partial charge on any atom is 0.269 e. The smallest absolute Gasteiger partial charge is 0.269 e. The summed E-state index contributed by atoms with van der Waals surface area (Å²) in [7, 11) is 0. The number of amides is 1. The molecule has 19 heavy (non-hydrogen) atoms. The van der Waals surface area contributed by atoms with Gasteiger partial charge in [-0.2, -0.15) is 0 Å². The van der Waals surface area contributed by atoms with Crippen molar-refractivity contribution in [3.8, 4) is 0 Å². The van der Waals surface area contributed by atoms with Gasteiger partial charge >= 0.3 is 0 Å². The van der Waals surface area contributed by atoms with Gasteiger partial charge < -0.3 is 15.6 Å². The average Bonchev–Trinajstić information content (AvgIpc) is 3.07. The highest BCUT2D eigenvalue weighted by molar-refractivity contribution is 5.92. The second-order valence-electron chi connectivity index (χ2n) is 4.46. The Hall–Kier alpha value is -0.780. The molecule has 1 fully saturated rings. The molecule has 5 nitrogen and oxygen atoms in total. The van der Waals surface area contributed by atoms with Crippen LogP contribution in [0.15, 0.2) is 6.20 Å². The number of carbonyl (C=O) groups excluding carboxylic acids is 1. The summed E-state index contributed by atoms with van der Waals surface area (Å²) >= 11 is 0. The van der Waals surface area contributed by atoms with Crippen LogP contribution in [0.3, 0.4) is 0 Å². The van der Waals surface area contributed by atoms with Crippen LogP contribution in [0.5, 0.6) is 0 Å². The standard InChI is InChI=1S/C12H20N4O.2ClH/c1-2-5-13-6-7-14-12(17)10-8-15-11(16-10)9-3-4-9;;/h8-9,13H,2-7H2,1H3,(H,14,17)(H,15,16);2*1H. The molecule has 7 heteroatoms. The van der Waals surface area contributed by atoms with E-state index in [0.717, 1.165) is 25.3 Å². The van der Waals surface area contributed by atoms with Crippen LogP contribution >= 0.6 is 24.8 Å². The molecule has 0 unspecified atom stereocenters. The zero-order chi connectivity index (χ0) is 12.1. The van der Waals surface area contributed by atoms with Crippen LogP contribution in [-0.4, -0.2) is 35.5 Å². The van der Waals surface area contributed by atoms with Gasteiger partial charge in [-0.25, -0.2) is 4.98 Å². The Morgan fingerprint density at radius 2 is 2.11 bits per heavy atom. The van der Waals surface area contributed by atoms with Crippen LogP contribution in [0.25, 0.3) is 0 Å². The van der Waals surface area contributed by atoms with Gasteiger partial charge in [-0.3, -0.25) is 4.79 Å². The second-order valence-corrected chi connectivity index (χ2v) is 4.46. The van der Waals surface area contributed by atoms with Crippen molar-refractivity contribution in [1.29, 1.82) is 0 Å². The van der Waals surface area contributed by atoms with Crippen molar-refractivity contribution in [3.05, 3.63) is 17.7 Å². The van der Waals surface area contributed by atoms with Crippen LogP contribution in [0, 0.1) is 0 Å². The minimum Gasteiger partial charge on any atom is -0.349 e. The van der Waals surface area contributed by atoms with E-state index in [2.05, 4.69) is 27.5 Å². The Labute approximate surface area is 126 Å². The second kappa shape index (κ2) is 9.18. The third-order valence-electron chi connectivity index (χ3n) is 2.82. The number of carbonyl (C=O) groups is 1. The number of rotatable bonds is 7. The molecule has 1 aromatic heterocycles. The zero-order valence-electron chi connectivity index (χ0n) is 11.1. The largest absolute Gasteiger partial charge is 0.349 e. The maximum absolute atomic E-state index is 11.7. The fraction of sp³-hybridized carbons (Fsp3) is 0.667. The van der Waals surface area contributed by atoms with Gasteiger partial charge in [-0.05, 0) is 25.8 Å². The van der Waals surface area contributed by atoms with Crippen molar-refractivity contribution in [2.75, 3.05) is 19.6 Å². The quantitative estimate of drug-likeness (QED) is 0.673. The van der Waals surface area contributed by atoms with Crippen LogP contribution in [-0.2, 0) is 0 Å². The molecule has 1 amide bonds. The summed E-state index contributed by atoms with van der Waals surface area (Å²) in [6, 6.07) is 0. The van der Waals surface area contributed by atoms with Crippen LogP contribution < -0.4 is 10.6 Å². The van der Waals surface area contributed by atoms with Crippen molar-refractivity contribution in [1.82, 2.24) is 20.6 Å². The summed E-state index contributed by atoms with van der Waals surface area (Å²) in [6.45, 7) is 4.57. The number of halogens is 2. The molecule has 0 bridgehead atoms. The molecule has 0 saturated heterocycles. The molecule has 1 saturated carbocycles. The molecule has 1 aliphatic rings. The van der Waals surface area contributed by atoms with E-state index in [0.29, 0.717) is 18.2 Å². The first-order chi connectivity index (χ1) is 8.31. The number of aromatic nitrogens is 2. The van der Waals surface area contributed by atoms with E-state index in [4.69, 9.17) is 0 Å². The number of nitrogens with zero attached hydrogens (tertiary/aromatic N) is 1. The Morgan fingerprint density at radius 3 is 2.74 bits per heavy atom. The first-order valence-corrected chi connectivity index (χ1v) is 6.35. The van der Waals surface area contributed by atoms with Crippen LogP contribution in [0.4, 0.5) is 0 Å². The highest BCUT2D eigenvalue weighted by Crippen LogP contribution is 2.37. The Kier molecular flexibility index (Phi) is 8.80.